The van der Waals surface area contributed by atoms with E-state index in [1.807, 2.05) is 30.3 Å². The van der Waals surface area contributed by atoms with Gasteiger partial charge in [-0.05, 0) is 12.0 Å². The van der Waals surface area contributed by atoms with Crippen LogP contribution in [0.15, 0.2) is 30.3 Å². The van der Waals surface area contributed by atoms with E-state index in [4.69, 9.17) is 0 Å². The number of sulfone groups is 1. The van der Waals surface area contributed by atoms with Crippen LogP contribution in [0.1, 0.15) is 5.56 Å². The third kappa shape index (κ3) is 3.20. The maximum atomic E-state index is 11.7. The van der Waals surface area contributed by atoms with Gasteiger partial charge in [0.15, 0.2) is 9.84 Å². The molecule has 1 aromatic rings. The van der Waals surface area contributed by atoms with E-state index in [1.165, 1.54) is 0 Å². The lowest BCUT2D eigenvalue weighted by Gasteiger charge is -2.23. The van der Waals surface area contributed by atoms with Crippen molar-refractivity contribution < 1.29 is 8.42 Å². The van der Waals surface area contributed by atoms with Gasteiger partial charge in [-0.3, -0.25) is 0 Å². The van der Waals surface area contributed by atoms with Crippen molar-refractivity contribution in [3.05, 3.63) is 35.9 Å². The number of hydrogen-bond acceptors (Lipinski definition) is 3. The highest BCUT2D eigenvalue weighted by molar-refractivity contribution is 7.92. The zero-order valence-electron chi connectivity index (χ0n) is 8.93. The Kier molecular flexibility index (Phi) is 4.77. The molecule has 0 radical (unpaired) electrons. The molecule has 5 heteroatoms. The number of hydrogen-bond donors (Lipinski definition) is 1. The first-order valence-electron chi connectivity index (χ1n) is 5.15. The van der Waals surface area contributed by atoms with E-state index in [0.29, 0.717) is 19.5 Å². The highest BCUT2D eigenvalue weighted by Gasteiger charge is 2.28. The Morgan fingerprint density at radius 3 is 2.56 bits per heavy atom. The fourth-order valence-corrected chi connectivity index (χ4v) is 3.43. The molecule has 0 spiro atoms. The minimum atomic E-state index is -2.88. The number of halogens is 1. The second-order valence-electron chi connectivity index (χ2n) is 3.88. The molecule has 0 aromatic heterocycles. The second kappa shape index (κ2) is 5.66. The highest BCUT2D eigenvalue weighted by Crippen LogP contribution is 2.12. The van der Waals surface area contributed by atoms with E-state index >= 15 is 0 Å². The molecule has 0 saturated carbocycles. The Labute approximate surface area is 103 Å². The van der Waals surface area contributed by atoms with Gasteiger partial charge >= 0.3 is 0 Å². The van der Waals surface area contributed by atoms with Crippen molar-refractivity contribution >= 4 is 22.2 Å². The van der Waals surface area contributed by atoms with E-state index in [0.717, 1.165) is 5.56 Å². The first-order chi connectivity index (χ1) is 7.18. The second-order valence-corrected chi connectivity index (χ2v) is 6.28. The Morgan fingerprint density at radius 1 is 1.25 bits per heavy atom. The average Bonchev–Trinajstić information content (AvgIpc) is 2.23. The maximum absolute atomic E-state index is 11.7. The molecule has 1 saturated heterocycles. The van der Waals surface area contributed by atoms with E-state index < -0.39 is 9.84 Å². The molecule has 1 atom stereocenters. The Hall–Kier alpha value is -0.580. The molecular formula is C11H16ClNO2S. The zero-order valence-corrected chi connectivity index (χ0v) is 10.6. The molecule has 2 rings (SSSR count). The molecule has 1 heterocycles. The van der Waals surface area contributed by atoms with Gasteiger partial charge in [0.2, 0.25) is 0 Å². The van der Waals surface area contributed by atoms with Crippen LogP contribution in [0, 0.1) is 0 Å². The average molecular weight is 262 g/mol. The van der Waals surface area contributed by atoms with Crippen LogP contribution < -0.4 is 5.32 Å². The van der Waals surface area contributed by atoms with Crippen molar-refractivity contribution in [3.63, 3.8) is 0 Å². The first kappa shape index (κ1) is 13.5. The third-order valence-corrected chi connectivity index (χ3v) is 4.87. The summed E-state index contributed by atoms with van der Waals surface area (Å²) in [7, 11) is -2.88. The molecule has 1 fully saturated rings. The van der Waals surface area contributed by atoms with Crippen molar-refractivity contribution in [1.29, 1.82) is 0 Å². The summed E-state index contributed by atoms with van der Waals surface area (Å²) in [5.41, 5.74) is 1.09. The van der Waals surface area contributed by atoms with E-state index in [1.54, 1.807) is 0 Å². The number of rotatable bonds is 2. The molecule has 0 amide bonds. The summed E-state index contributed by atoms with van der Waals surface area (Å²) in [5.74, 6) is 0.268. The SMILES string of the molecule is Cl.O=S1(=O)CCNCC1Cc1ccccc1. The zero-order chi connectivity index (χ0) is 10.7. The van der Waals surface area contributed by atoms with Crippen LogP contribution in [-0.2, 0) is 16.3 Å². The Morgan fingerprint density at radius 2 is 1.94 bits per heavy atom. The van der Waals surface area contributed by atoms with Gasteiger partial charge in [0.05, 0.1) is 11.0 Å². The summed E-state index contributed by atoms with van der Waals surface area (Å²) in [5, 5.41) is 2.88. The first-order valence-corrected chi connectivity index (χ1v) is 6.86. The summed E-state index contributed by atoms with van der Waals surface area (Å²) >= 11 is 0. The standard InChI is InChI=1S/C11H15NO2S.ClH/c13-15(14)7-6-12-9-11(15)8-10-4-2-1-3-5-10;/h1-5,11-12H,6-9H2;1H. The topological polar surface area (TPSA) is 46.2 Å². The Bertz CT molecular complexity index is 419. The van der Waals surface area contributed by atoms with Crippen molar-refractivity contribution in [2.75, 3.05) is 18.8 Å². The monoisotopic (exact) mass is 261 g/mol. The summed E-state index contributed by atoms with van der Waals surface area (Å²) in [6, 6.07) is 9.78. The molecule has 1 N–H and O–H groups in total. The van der Waals surface area contributed by atoms with Gasteiger partial charge in [-0.15, -0.1) is 12.4 Å². The van der Waals surface area contributed by atoms with E-state index in [-0.39, 0.29) is 23.4 Å². The predicted octanol–water partition coefficient (Wildman–Crippen LogP) is 1.04. The number of nitrogens with one attached hydrogen (secondary N) is 1. The van der Waals surface area contributed by atoms with Gasteiger partial charge in [-0.2, -0.15) is 0 Å². The lowest BCUT2D eigenvalue weighted by Crippen LogP contribution is -2.44. The smallest absolute Gasteiger partial charge is 0.155 e. The van der Waals surface area contributed by atoms with Crippen LogP contribution in [0.2, 0.25) is 0 Å². The Balaban J connectivity index is 0.00000128. The van der Waals surface area contributed by atoms with Crippen LogP contribution in [0.4, 0.5) is 0 Å². The van der Waals surface area contributed by atoms with E-state index in [2.05, 4.69) is 5.32 Å². The quantitative estimate of drug-likeness (QED) is 0.865. The lowest BCUT2D eigenvalue weighted by atomic mass is 10.1. The summed E-state index contributed by atoms with van der Waals surface area (Å²) in [6.07, 6.45) is 0.621. The molecule has 1 aliphatic heterocycles. The van der Waals surface area contributed by atoms with Crippen LogP contribution in [0.5, 0.6) is 0 Å². The molecule has 3 nitrogen and oxygen atoms in total. The van der Waals surface area contributed by atoms with Crippen molar-refractivity contribution in [2.45, 2.75) is 11.7 Å². The summed E-state index contributed by atoms with van der Waals surface area (Å²) in [6.45, 7) is 1.17. The van der Waals surface area contributed by atoms with Crippen molar-refractivity contribution in [2.24, 2.45) is 0 Å². The van der Waals surface area contributed by atoms with Crippen LogP contribution in [0.3, 0.4) is 0 Å². The van der Waals surface area contributed by atoms with E-state index in [9.17, 15) is 8.42 Å². The van der Waals surface area contributed by atoms with Crippen LogP contribution in [-0.4, -0.2) is 32.5 Å². The molecule has 90 valence electrons. The van der Waals surface area contributed by atoms with Crippen LogP contribution in [0.25, 0.3) is 0 Å². The highest BCUT2D eigenvalue weighted by atomic mass is 35.5. The lowest BCUT2D eigenvalue weighted by molar-refractivity contribution is 0.544. The van der Waals surface area contributed by atoms with Crippen LogP contribution >= 0.6 is 12.4 Å². The minimum Gasteiger partial charge on any atom is -0.314 e. The molecule has 1 unspecified atom stereocenters. The molecule has 1 aromatic carbocycles. The normalized spacial score (nSPS) is 23.4. The van der Waals surface area contributed by atoms with Gasteiger partial charge in [0.25, 0.3) is 0 Å². The maximum Gasteiger partial charge on any atom is 0.155 e. The van der Waals surface area contributed by atoms with Gasteiger partial charge < -0.3 is 5.32 Å². The summed E-state index contributed by atoms with van der Waals surface area (Å²) in [4.78, 5) is 0. The molecule has 0 aliphatic carbocycles. The molecule has 1 aliphatic rings. The minimum absolute atomic E-state index is 0. The number of benzene rings is 1. The fraction of sp³-hybridized carbons (Fsp3) is 0.455. The fourth-order valence-electron chi connectivity index (χ4n) is 1.85. The van der Waals surface area contributed by atoms with Gasteiger partial charge in [-0.25, -0.2) is 8.42 Å². The van der Waals surface area contributed by atoms with Gasteiger partial charge in [0.1, 0.15) is 0 Å². The molecule has 16 heavy (non-hydrogen) atoms. The van der Waals surface area contributed by atoms with Gasteiger partial charge in [-0.1, -0.05) is 30.3 Å². The third-order valence-electron chi connectivity index (χ3n) is 2.75. The summed E-state index contributed by atoms with van der Waals surface area (Å²) < 4.78 is 23.5. The largest absolute Gasteiger partial charge is 0.314 e. The van der Waals surface area contributed by atoms with Crippen molar-refractivity contribution in [3.8, 4) is 0 Å². The molecular weight excluding hydrogens is 246 g/mol. The molecule has 0 bridgehead atoms. The van der Waals surface area contributed by atoms with Gasteiger partial charge in [0, 0.05) is 13.1 Å². The predicted molar refractivity (Wildman–Crippen MR) is 67.8 cm³/mol. The van der Waals surface area contributed by atoms with Crippen molar-refractivity contribution in [1.82, 2.24) is 5.32 Å².